The second kappa shape index (κ2) is 13.8. The van der Waals surface area contributed by atoms with Crippen molar-refractivity contribution in [2.24, 2.45) is 0 Å². The molecule has 0 radical (unpaired) electrons. The van der Waals surface area contributed by atoms with Crippen molar-refractivity contribution in [1.29, 1.82) is 0 Å². The van der Waals surface area contributed by atoms with Crippen molar-refractivity contribution < 1.29 is 83.2 Å². The van der Waals surface area contributed by atoms with Crippen LogP contribution < -0.4 is 29.1 Å². The highest BCUT2D eigenvalue weighted by Crippen LogP contribution is 2.51. The van der Waals surface area contributed by atoms with E-state index in [1.807, 2.05) is 0 Å². The van der Waals surface area contributed by atoms with E-state index in [1.165, 1.54) is 34.5 Å². The molecule has 18 heteroatoms. The third kappa shape index (κ3) is 5.97. The molecule has 0 aliphatic carbocycles. The summed E-state index contributed by atoms with van der Waals surface area (Å²) in [5, 5.41) is 81.9. The van der Waals surface area contributed by atoms with Crippen LogP contribution in [0.3, 0.4) is 0 Å². The van der Waals surface area contributed by atoms with Crippen LogP contribution in [0.5, 0.6) is 34.5 Å². The number of ether oxygens (including phenoxy) is 8. The Morgan fingerprint density at radius 3 is 1.85 bits per heavy atom. The second-order valence-electron chi connectivity index (χ2n) is 10.8. The van der Waals surface area contributed by atoms with Crippen molar-refractivity contribution in [3.8, 4) is 34.5 Å². The fourth-order valence-electron chi connectivity index (χ4n) is 5.52. The molecular formula is C29H36O18. The molecule has 0 unspecified atom stereocenters. The number of phenolic OH excluding ortho intramolecular Hbond substituents is 1. The van der Waals surface area contributed by atoms with Crippen LogP contribution in [-0.4, -0.2) is 144 Å². The number of hydrogen-bond acceptors (Lipinski definition) is 18. The Bertz CT molecular complexity index is 1640. The number of fused-ring (bicyclic) bond motifs is 2. The Morgan fingerprint density at radius 1 is 0.681 bits per heavy atom. The van der Waals surface area contributed by atoms with E-state index in [1.54, 1.807) is 0 Å². The molecule has 3 heterocycles. The monoisotopic (exact) mass is 672 g/mol. The van der Waals surface area contributed by atoms with Crippen molar-refractivity contribution in [3.05, 3.63) is 22.4 Å². The summed E-state index contributed by atoms with van der Waals surface area (Å²) < 4.78 is 50.3. The minimum atomic E-state index is -1.93. The van der Waals surface area contributed by atoms with Crippen LogP contribution in [-0.2, 0) is 14.2 Å². The summed E-state index contributed by atoms with van der Waals surface area (Å²) in [6, 6.07) is 2.36. The van der Waals surface area contributed by atoms with Gasteiger partial charge in [0.15, 0.2) is 29.0 Å². The topological polar surface area (TPSA) is 266 Å². The number of aromatic hydroxyl groups is 1. The van der Waals surface area contributed by atoms with E-state index in [-0.39, 0.29) is 50.7 Å². The lowest BCUT2D eigenvalue weighted by Crippen LogP contribution is -2.62. The Morgan fingerprint density at radius 2 is 1.26 bits per heavy atom. The number of methoxy groups -OCH3 is 4. The van der Waals surface area contributed by atoms with Crippen LogP contribution in [0.25, 0.3) is 21.9 Å². The Kier molecular flexibility index (Phi) is 10.2. The minimum Gasteiger partial charge on any atom is -0.508 e. The summed E-state index contributed by atoms with van der Waals surface area (Å²) >= 11 is 0. The molecule has 1 aromatic heterocycles. The van der Waals surface area contributed by atoms with Crippen LogP contribution >= 0.6 is 0 Å². The van der Waals surface area contributed by atoms with Gasteiger partial charge in [-0.05, 0) is 6.07 Å². The van der Waals surface area contributed by atoms with Gasteiger partial charge < -0.3 is 83.2 Å². The highest BCUT2D eigenvalue weighted by atomic mass is 16.7. The number of aliphatic hydroxyl groups excluding tert-OH is 7. The Hall–Kier alpha value is -3.69. The molecule has 8 N–H and O–H groups in total. The Balaban J connectivity index is 1.56. The second-order valence-corrected chi connectivity index (χ2v) is 10.8. The lowest BCUT2D eigenvalue weighted by atomic mass is 9.98. The third-order valence-corrected chi connectivity index (χ3v) is 8.00. The molecule has 18 nitrogen and oxygen atoms in total. The van der Waals surface area contributed by atoms with Crippen molar-refractivity contribution in [3.63, 3.8) is 0 Å². The maximum atomic E-state index is 14.0. The molecule has 10 atom stereocenters. The first-order chi connectivity index (χ1) is 22.4. The SMILES string of the molecule is COc1c(OC)c(O[C@@H]2O[C@H](CO[C@@H]3O[C@H](CO)[C@@H](O)[C@H](O)[C@H]3O)[C@@H](O)[C@H](O)[C@H]2O)c2c(=O)c3cc(O)cc(OC)c3oc2c1OC. The summed E-state index contributed by atoms with van der Waals surface area (Å²) in [7, 11) is 5.08. The van der Waals surface area contributed by atoms with Gasteiger partial charge in [-0.1, -0.05) is 0 Å². The molecule has 2 aliphatic heterocycles. The molecule has 2 saturated heterocycles. The van der Waals surface area contributed by atoms with Crippen LogP contribution in [0.15, 0.2) is 21.3 Å². The van der Waals surface area contributed by atoms with E-state index in [9.17, 15) is 45.6 Å². The van der Waals surface area contributed by atoms with E-state index >= 15 is 0 Å². The number of rotatable bonds is 10. The quantitative estimate of drug-likeness (QED) is 0.105. The Labute approximate surface area is 265 Å². The van der Waals surface area contributed by atoms with Gasteiger partial charge in [0.05, 0.1) is 47.0 Å². The molecule has 0 bridgehead atoms. The molecule has 2 fully saturated rings. The van der Waals surface area contributed by atoms with Crippen LogP contribution in [0.1, 0.15) is 0 Å². The van der Waals surface area contributed by atoms with Gasteiger partial charge in [0.1, 0.15) is 60.0 Å². The molecule has 260 valence electrons. The molecule has 0 amide bonds. The molecule has 2 aliphatic rings. The molecule has 47 heavy (non-hydrogen) atoms. The summed E-state index contributed by atoms with van der Waals surface area (Å²) in [5.74, 6) is -1.12. The molecule has 3 aromatic rings. The minimum absolute atomic E-state index is 0.0173. The predicted molar refractivity (Wildman–Crippen MR) is 155 cm³/mol. The number of phenols is 1. The first-order valence-electron chi connectivity index (χ1n) is 14.2. The standard InChI is InChI=1S/C29H36O18/c1-39-11-6-9(31)5-10-15(32)14-23(46-22(10)11)25(40-2)27(42-4)26(41-3)24(14)47-29-21(38)19(36)17(34)13(45-29)8-43-28-20(37)18(35)16(33)12(7-30)44-28/h5-6,12-13,16-21,28-31,33-38H,7-8H2,1-4H3/t12-,13-,16-,17-,18+,19+,20-,21-,28-,29+/m1/s1. The van der Waals surface area contributed by atoms with Crippen molar-refractivity contribution in [1.82, 2.24) is 0 Å². The summed E-state index contributed by atoms with van der Waals surface area (Å²) in [6.45, 7) is -1.35. The zero-order chi connectivity index (χ0) is 34.3. The van der Waals surface area contributed by atoms with E-state index in [2.05, 4.69) is 0 Å². The van der Waals surface area contributed by atoms with Gasteiger partial charge in [-0.2, -0.15) is 0 Å². The number of benzene rings is 2. The number of hydrogen-bond donors (Lipinski definition) is 8. The zero-order valence-electron chi connectivity index (χ0n) is 25.5. The molecule has 2 aromatic carbocycles. The van der Waals surface area contributed by atoms with Gasteiger partial charge in [-0.3, -0.25) is 4.79 Å². The fraction of sp³-hybridized carbons (Fsp3) is 0.552. The lowest BCUT2D eigenvalue weighted by Gasteiger charge is -2.42. The molecular weight excluding hydrogens is 636 g/mol. The van der Waals surface area contributed by atoms with E-state index in [4.69, 9.17) is 42.3 Å². The van der Waals surface area contributed by atoms with Gasteiger partial charge >= 0.3 is 0 Å². The van der Waals surface area contributed by atoms with Gasteiger partial charge in [0.2, 0.25) is 29.0 Å². The van der Waals surface area contributed by atoms with Crippen molar-refractivity contribution >= 4 is 21.9 Å². The smallest absolute Gasteiger partial charge is 0.229 e. The maximum Gasteiger partial charge on any atom is 0.229 e. The predicted octanol–water partition coefficient (Wildman–Crippen LogP) is -2.31. The van der Waals surface area contributed by atoms with Crippen molar-refractivity contribution in [2.75, 3.05) is 41.7 Å². The van der Waals surface area contributed by atoms with Gasteiger partial charge in [0, 0.05) is 6.07 Å². The van der Waals surface area contributed by atoms with Crippen molar-refractivity contribution in [2.45, 2.75) is 61.4 Å². The zero-order valence-corrected chi connectivity index (χ0v) is 25.5. The van der Waals surface area contributed by atoms with Gasteiger partial charge in [-0.15, -0.1) is 0 Å². The summed E-state index contributed by atoms with van der Waals surface area (Å²) in [6.07, 6.45) is -17.0. The fourth-order valence-corrected chi connectivity index (χ4v) is 5.52. The molecule has 0 saturated carbocycles. The largest absolute Gasteiger partial charge is 0.508 e. The highest BCUT2D eigenvalue weighted by molar-refractivity contribution is 6.01. The van der Waals surface area contributed by atoms with Crippen LogP contribution in [0.4, 0.5) is 0 Å². The summed E-state index contributed by atoms with van der Waals surface area (Å²) in [4.78, 5) is 14.0. The first kappa shape index (κ1) is 34.6. The first-order valence-corrected chi connectivity index (χ1v) is 14.2. The molecule has 0 spiro atoms. The highest BCUT2D eigenvalue weighted by Gasteiger charge is 2.48. The normalized spacial score (nSPS) is 31.1. The molecule has 5 rings (SSSR count). The van der Waals surface area contributed by atoms with Crippen LogP contribution in [0.2, 0.25) is 0 Å². The average Bonchev–Trinajstić information content (AvgIpc) is 3.07. The van der Waals surface area contributed by atoms with Crippen LogP contribution in [0, 0.1) is 0 Å². The van der Waals surface area contributed by atoms with E-state index < -0.39 is 85.8 Å². The van der Waals surface area contributed by atoms with Gasteiger partial charge in [0.25, 0.3) is 0 Å². The lowest BCUT2D eigenvalue weighted by molar-refractivity contribution is -0.323. The summed E-state index contributed by atoms with van der Waals surface area (Å²) in [5.41, 5.74) is -1.04. The average molecular weight is 673 g/mol. The van der Waals surface area contributed by atoms with E-state index in [0.717, 1.165) is 6.07 Å². The number of aliphatic hydroxyl groups is 7. The maximum absolute atomic E-state index is 14.0. The van der Waals surface area contributed by atoms with E-state index in [0.29, 0.717) is 0 Å². The third-order valence-electron chi connectivity index (χ3n) is 8.00. The van der Waals surface area contributed by atoms with Gasteiger partial charge in [-0.25, -0.2) is 0 Å².